The molecule has 2 rings (SSSR count). The number of para-hydroxylation sites is 1. The number of aryl methyl sites for hydroxylation is 3. The minimum atomic E-state index is -0.143. The first kappa shape index (κ1) is 18.1. The Morgan fingerprint density at radius 2 is 1.79 bits per heavy atom. The number of anilines is 1. The van der Waals surface area contributed by atoms with Gasteiger partial charge in [-0.1, -0.05) is 55.8 Å². The van der Waals surface area contributed by atoms with E-state index < -0.39 is 0 Å². The second kappa shape index (κ2) is 8.00. The van der Waals surface area contributed by atoms with E-state index in [4.69, 9.17) is 0 Å². The third-order valence-electron chi connectivity index (χ3n) is 4.34. The van der Waals surface area contributed by atoms with Crippen molar-refractivity contribution in [1.82, 2.24) is 5.32 Å². The van der Waals surface area contributed by atoms with E-state index in [1.54, 1.807) is 0 Å². The fourth-order valence-corrected chi connectivity index (χ4v) is 2.94. The van der Waals surface area contributed by atoms with Crippen LogP contribution in [-0.4, -0.2) is 12.6 Å². The lowest BCUT2D eigenvalue weighted by molar-refractivity contribution is 0.252. The number of nitrogens with one attached hydrogen (secondary N) is 2. The summed E-state index contributed by atoms with van der Waals surface area (Å²) in [6.07, 6.45) is 0.838. The maximum atomic E-state index is 12.2. The fraction of sp³-hybridized carbons (Fsp3) is 0.381. The predicted molar refractivity (Wildman–Crippen MR) is 102 cm³/mol. The first-order valence-electron chi connectivity index (χ1n) is 8.59. The third-order valence-corrected chi connectivity index (χ3v) is 4.34. The molecule has 0 radical (unpaired) electrons. The van der Waals surface area contributed by atoms with Gasteiger partial charge in [-0.05, 0) is 55.4 Å². The number of benzene rings is 2. The molecule has 0 bridgehead atoms. The van der Waals surface area contributed by atoms with Crippen LogP contribution in [-0.2, 0) is 6.42 Å². The van der Waals surface area contributed by atoms with Gasteiger partial charge >= 0.3 is 6.03 Å². The molecule has 3 heteroatoms. The molecule has 0 fully saturated rings. The zero-order chi connectivity index (χ0) is 17.7. The van der Waals surface area contributed by atoms with Gasteiger partial charge in [0, 0.05) is 12.2 Å². The fourth-order valence-electron chi connectivity index (χ4n) is 2.94. The van der Waals surface area contributed by atoms with Gasteiger partial charge in [0.25, 0.3) is 0 Å². The summed E-state index contributed by atoms with van der Waals surface area (Å²) >= 11 is 0. The third kappa shape index (κ3) is 4.60. The molecule has 3 nitrogen and oxygen atoms in total. The highest BCUT2D eigenvalue weighted by Gasteiger charge is 2.11. The van der Waals surface area contributed by atoms with Gasteiger partial charge < -0.3 is 10.6 Å². The first-order valence-corrected chi connectivity index (χ1v) is 8.59. The SMILES string of the molecule is Cc1ccc(CCNC(=O)Nc2c(C)cccc2C(C)C)c(C)c1. The molecule has 2 aromatic carbocycles. The highest BCUT2D eigenvalue weighted by Crippen LogP contribution is 2.27. The van der Waals surface area contributed by atoms with E-state index in [1.807, 2.05) is 19.1 Å². The van der Waals surface area contributed by atoms with Crippen molar-refractivity contribution in [2.75, 3.05) is 11.9 Å². The molecule has 0 aromatic heterocycles. The largest absolute Gasteiger partial charge is 0.338 e. The van der Waals surface area contributed by atoms with Crippen molar-refractivity contribution in [3.63, 3.8) is 0 Å². The summed E-state index contributed by atoms with van der Waals surface area (Å²) in [4.78, 5) is 12.2. The van der Waals surface area contributed by atoms with Gasteiger partial charge in [-0.3, -0.25) is 0 Å². The molecule has 0 aliphatic carbocycles. The summed E-state index contributed by atoms with van der Waals surface area (Å²) in [5, 5.41) is 5.98. The maximum Gasteiger partial charge on any atom is 0.319 e. The predicted octanol–water partition coefficient (Wildman–Crippen LogP) is 5.10. The Labute approximate surface area is 145 Å². The molecule has 0 atom stereocenters. The molecular weight excluding hydrogens is 296 g/mol. The van der Waals surface area contributed by atoms with Crippen molar-refractivity contribution in [3.8, 4) is 0 Å². The summed E-state index contributed by atoms with van der Waals surface area (Å²) in [7, 11) is 0. The maximum absolute atomic E-state index is 12.2. The molecule has 0 saturated heterocycles. The highest BCUT2D eigenvalue weighted by atomic mass is 16.2. The van der Waals surface area contributed by atoms with Crippen LogP contribution in [0.5, 0.6) is 0 Å². The number of carbonyl (C=O) groups is 1. The van der Waals surface area contributed by atoms with Gasteiger partial charge in [-0.2, -0.15) is 0 Å². The standard InChI is InChI=1S/C21H28N2O/c1-14(2)19-8-6-7-16(4)20(19)23-21(24)22-12-11-18-10-9-15(3)13-17(18)5/h6-10,13-14H,11-12H2,1-5H3,(H2,22,23,24). The smallest absolute Gasteiger partial charge is 0.319 e. The number of carbonyl (C=O) groups excluding carboxylic acids is 1. The van der Waals surface area contributed by atoms with Crippen LogP contribution in [0.25, 0.3) is 0 Å². The normalized spacial score (nSPS) is 10.8. The van der Waals surface area contributed by atoms with E-state index >= 15 is 0 Å². The monoisotopic (exact) mass is 324 g/mol. The molecule has 0 heterocycles. The van der Waals surface area contributed by atoms with Crippen molar-refractivity contribution < 1.29 is 4.79 Å². The highest BCUT2D eigenvalue weighted by molar-refractivity contribution is 5.91. The summed E-state index contributed by atoms with van der Waals surface area (Å²) in [5.41, 5.74) is 7.00. The lowest BCUT2D eigenvalue weighted by Gasteiger charge is -2.17. The summed E-state index contributed by atoms with van der Waals surface area (Å²) in [6.45, 7) is 11.1. The summed E-state index contributed by atoms with van der Waals surface area (Å²) in [5.74, 6) is 0.371. The van der Waals surface area contributed by atoms with Crippen molar-refractivity contribution in [2.45, 2.75) is 47.0 Å². The van der Waals surface area contributed by atoms with Gasteiger partial charge in [0.15, 0.2) is 0 Å². The Morgan fingerprint density at radius 3 is 2.46 bits per heavy atom. The number of amides is 2. The van der Waals surface area contributed by atoms with Crippen molar-refractivity contribution in [1.29, 1.82) is 0 Å². The average molecular weight is 324 g/mol. The summed E-state index contributed by atoms with van der Waals surface area (Å²) < 4.78 is 0. The molecule has 2 aromatic rings. The number of rotatable bonds is 5. The van der Waals surface area contributed by atoms with Crippen molar-refractivity contribution >= 4 is 11.7 Å². The molecule has 0 unspecified atom stereocenters. The second-order valence-corrected chi connectivity index (χ2v) is 6.75. The van der Waals surface area contributed by atoms with E-state index in [2.05, 4.69) is 62.6 Å². The molecule has 0 aliphatic heterocycles. The van der Waals surface area contributed by atoms with Crippen molar-refractivity contribution in [2.24, 2.45) is 0 Å². The second-order valence-electron chi connectivity index (χ2n) is 6.75. The molecule has 0 aliphatic rings. The Balaban J connectivity index is 1.95. The minimum absolute atomic E-state index is 0.143. The lowest BCUT2D eigenvalue weighted by atomic mass is 9.98. The number of hydrogen-bond donors (Lipinski definition) is 2. The van der Waals surface area contributed by atoms with Gasteiger partial charge in [0.05, 0.1) is 0 Å². The van der Waals surface area contributed by atoms with Crippen LogP contribution in [0.2, 0.25) is 0 Å². The Morgan fingerprint density at radius 1 is 1.04 bits per heavy atom. The topological polar surface area (TPSA) is 41.1 Å². The van der Waals surface area contributed by atoms with Gasteiger partial charge in [0.1, 0.15) is 0 Å². The Hall–Kier alpha value is -2.29. The van der Waals surface area contributed by atoms with Crippen LogP contribution < -0.4 is 10.6 Å². The van der Waals surface area contributed by atoms with Crippen molar-refractivity contribution in [3.05, 3.63) is 64.2 Å². The van der Waals surface area contributed by atoms with Crippen LogP contribution in [0.15, 0.2) is 36.4 Å². The van der Waals surface area contributed by atoms with Gasteiger partial charge in [-0.25, -0.2) is 4.79 Å². The quantitative estimate of drug-likeness (QED) is 0.789. The van der Waals surface area contributed by atoms with Crippen LogP contribution >= 0.6 is 0 Å². The molecule has 2 N–H and O–H groups in total. The van der Waals surface area contributed by atoms with Crippen LogP contribution in [0.3, 0.4) is 0 Å². The molecule has 0 saturated carbocycles. The van der Waals surface area contributed by atoms with E-state index in [1.165, 1.54) is 22.3 Å². The van der Waals surface area contributed by atoms with Crippen LogP contribution in [0, 0.1) is 20.8 Å². The van der Waals surface area contributed by atoms with Crippen LogP contribution in [0.4, 0.5) is 10.5 Å². The number of hydrogen-bond acceptors (Lipinski definition) is 1. The zero-order valence-electron chi connectivity index (χ0n) is 15.4. The van der Waals surface area contributed by atoms with Gasteiger partial charge in [0.2, 0.25) is 0 Å². The van der Waals surface area contributed by atoms with Gasteiger partial charge in [-0.15, -0.1) is 0 Å². The van der Waals surface area contributed by atoms with E-state index in [-0.39, 0.29) is 6.03 Å². The van der Waals surface area contributed by atoms with Crippen LogP contribution in [0.1, 0.15) is 47.6 Å². The summed E-state index contributed by atoms with van der Waals surface area (Å²) in [6, 6.07) is 12.4. The Kier molecular flexibility index (Phi) is 6.02. The van der Waals surface area contributed by atoms with E-state index in [9.17, 15) is 4.79 Å². The van der Waals surface area contributed by atoms with E-state index in [0.29, 0.717) is 12.5 Å². The molecule has 2 amide bonds. The lowest BCUT2D eigenvalue weighted by Crippen LogP contribution is -2.31. The average Bonchev–Trinajstić information content (AvgIpc) is 2.51. The molecular formula is C21H28N2O. The molecule has 0 spiro atoms. The minimum Gasteiger partial charge on any atom is -0.338 e. The first-order chi connectivity index (χ1) is 11.4. The number of urea groups is 1. The molecule has 128 valence electrons. The van der Waals surface area contributed by atoms with E-state index in [0.717, 1.165) is 17.7 Å². The Bertz CT molecular complexity index is 720. The zero-order valence-corrected chi connectivity index (χ0v) is 15.4. The molecule has 24 heavy (non-hydrogen) atoms.